The Labute approximate surface area is 233 Å². The first-order valence-electron chi connectivity index (χ1n) is 13.5. The fourth-order valence-corrected chi connectivity index (χ4v) is 6.14. The first-order chi connectivity index (χ1) is 18.5. The number of phenols is 2. The highest BCUT2D eigenvalue weighted by Crippen LogP contribution is 2.52. The molecule has 1 fully saturated rings. The van der Waals surface area contributed by atoms with Gasteiger partial charge in [0.15, 0.2) is 11.6 Å². The number of rotatable bonds is 4. The van der Waals surface area contributed by atoms with E-state index in [1.807, 2.05) is 0 Å². The van der Waals surface area contributed by atoms with Crippen LogP contribution in [-0.2, 0) is 15.9 Å². The van der Waals surface area contributed by atoms with Crippen LogP contribution in [0.2, 0.25) is 0 Å². The Hall–Kier alpha value is -3.94. The zero-order chi connectivity index (χ0) is 29.4. The first-order valence-corrected chi connectivity index (χ1v) is 13.5. The lowest BCUT2D eigenvalue weighted by Crippen LogP contribution is -2.31. The van der Waals surface area contributed by atoms with Crippen molar-refractivity contribution in [3.05, 3.63) is 69.3 Å². The molecule has 2 aromatic carbocycles. The van der Waals surface area contributed by atoms with Crippen LogP contribution in [0.15, 0.2) is 30.4 Å². The van der Waals surface area contributed by atoms with Gasteiger partial charge in [0.25, 0.3) is 0 Å². The molecule has 0 saturated heterocycles. The molecule has 2 atom stereocenters. The maximum Gasteiger partial charge on any atom is 0.343 e. The standard InChI is InChI=1S/C32H34O8/c1-30(2,3)39-28(37)22-23(29(38)40-31(4,5)6)27(36)21-20(26(22)35)24(33)18-9-7-8-17(19(18)25(21)34)15-32-12-10-16(14-32)11-13-32/h7-10,12,16,35-36H,11,13-15H2,1-6H3. The lowest BCUT2D eigenvalue weighted by atomic mass is 9.74. The van der Waals surface area contributed by atoms with Gasteiger partial charge in [-0.25, -0.2) is 9.59 Å². The molecule has 0 amide bonds. The van der Waals surface area contributed by atoms with E-state index in [0.29, 0.717) is 17.9 Å². The molecule has 0 spiro atoms. The average Bonchev–Trinajstić information content (AvgIpc) is 3.41. The van der Waals surface area contributed by atoms with Gasteiger partial charge in [-0.1, -0.05) is 30.4 Å². The van der Waals surface area contributed by atoms with Crippen LogP contribution >= 0.6 is 0 Å². The Balaban J connectivity index is 1.71. The summed E-state index contributed by atoms with van der Waals surface area (Å²) < 4.78 is 10.8. The molecule has 0 aliphatic heterocycles. The third kappa shape index (κ3) is 4.59. The minimum Gasteiger partial charge on any atom is -0.506 e. The Bertz CT molecular complexity index is 1520. The number of ketones is 2. The van der Waals surface area contributed by atoms with Crippen LogP contribution in [0.4, 0.5) is 0 Å². The summed E-state index contributed by atoms with van der Waals surface area (Å²) in [6.07, 6.45) is 7.97. The molecule has 0 heterocycles. The van der Waals surface area contributed by atoms with Gasteiger partial charge in [0.1, 0.15) is 33.8 Å². The highest BCUT2D eigenvalue weighted by Gasteiger charge is 2.45. The molecule has 2 N–H and O–H groups in total. The third-order valence-electron chi connectivity index (χ3n) is 7.68. The molecular formula is C32H34O8. The number of carbonyl (C=O) groups is 4. The summed E-state index contributed by atoms with van der Waals surface area (Å²) in [5.41, 5.74) is -3.84. The third-order valence-corrected chi connectivity index (χ3v) is 7.68. The zero-order valence-corrected chi connectivity index (χ0v) is 23.6. The van der Waals surface area contributed by atoms with Gasteiger partial charge in [-0.15, -0.1) is 0 Å². The number of benzene rings is 2. The maximum atomic E-state index is 14.1. The van der Waals surface area contributed by atoms with Crippen molar-refractivity contribution in [2.45, 2.75) is 78.4 Å². The van der Waals surface area contributed by atoms with Gasteiger partial charge in [0, 0.05) is 11.1 Å². The topological polar surface area (TPSA) is 127 Å². The maximum absolute atomic E-state index is 14.1. The second-order valence-electron chi connectivity index (χ2n) is 13.1. The summed E-state index contributed by atoms with van der Waals surface area (Å²) in [5, 5.41) is 22.8. The molecule has 2 unspecified atom stereocenters. The van der Waals surface area contributed by atoms with Crippen LogP contribution in [0.1, 0.15) is 119 Å². The predicted octanol–water partition coefficient (Wildman–Crippen LogP) is 5.68. The monoisotopic (exact) mass is 546 g/mol. The van der Waals surface area contributed by atoms with Crippen LogP contribution < -0.4 is 0 Å². The quantitative estimate of drug-likeness (QED) is 0.243. The summed E-state index contributed by atoms with van der Waals surface area (Å²) in [6, 6.07) is 4.98. The van der Waals surface area contributed by atoms with E-state index < -0.39 is 68.5 Å². The van der Waals surface area contributed by atoms with E-state index in [9.17, 15) is 29.4 Å². The van der Waals surface area contributed by atoms with Crippen molar-refractivity contribution in [3.63, 3.8) is 0 Å². The average molecular weight is 547 g/mol. The van der Waals surface area contributed by atoms with Gasteiger partial charge in [0.2, 0.25) is 0 Å². The number of fused-ring (bicyclic) bond motifs is 4. The second-order valence-corrected chi connectivity index (χ2v) is 13.1. The summed E-state index contributed by atoms with van der Waals surface area (Å²) in [5.74, 6) is -5.02. The summed E-state index contributed by atoms with van der Waals surface area (Å²) >= 11 is 0. The number of hydrogen-bond acceptors (Lipinski definition) is 8. The van der Waals surface area contributed by atoms with Crippen LogP contribution in [-0.4, -0.2) is 44.9 Å². The Kier molecular flexibility index (Phi) is 6.25. The fraction of sp³-hybridized carbons (Fsp3) is 0.438. The van der Waals surface area contributed by atoms with E-state index in [2.05, 4.69) is 12.2 Å². The van der Waals surface area contributed by atoms with Crippen LogP contribution in [0.3, 0.4) is 0 Å². The van der Waals surface area contributed by atoms with Crippen molar-refractivity contribution in [2.24, 2.45) is 11.3 Å². The van der Waals surface area contributed by atoms with E-state index in [1.165, 1.54) is 6.07 Å². The zero-order valence-electron chi connectivity index (χ0n) is 23.6. The lowest BCUT2D eigenvalue weighted by Gasteiger charge is -2.29. The summed E-state index contributed by atoms with van der Waals surface area (Å²) in [4.78, 5) is 54.5. The Morgan fingerprint density at radius 2 is 1.43 bits per heavy atom. The molecule has 0 aromatic heterocycles. The Morgan fingerprint density at radius 1 is 0.875 bits per heavy atom. The number of esters is 2. The molecule has 3 aliphatic carbocycles. The molecule has 2 aromatic rings. The normalized spacial score (nSPS) is 21.3. The van der Waals surface area contributed by atoms with Crippen molar-refractivity contribution in [3.8, 4) is 11.5 Å². The van der Waals surface area contributed by atoms with E-state index in [4.69, 9.17) is 9.47 Å². The van der Waals surface area contributed by atoms with Crippen molar-refractivity contribution in [1.29, 1.82) is 0 Å². The minimum atomic E-state index is -1.15. The highest BCUT2D eigenvalue weighted by atomic mass is 16.6. The largest absolute Gasteiger partial charge is 0.506 e. The lowest BCUT2D eigenvalue weighted by molar-refractivity contribution is 0.00131. The van der Waals surface area contributed by atoms with Gasteiger partial charge in [-0.2, -0.15) is 0 Å². The van der Waals surface area contributed by atoms with Crippen LogP contribution in [0, 0.1) is 11.3 Å². The number of phenolic OH excluding ortho intramolecular Hbond substituents is 2. The van der Waals surface area contributed by atoms with Gasteiger partial charge < -0.3 is 19.7 Å². The smallest absolute Gasteiger partial charge is 0.343 e. The molecule has 8 heteroatoms. The van der Waals surface area contributed by atoms with Crippen molar-refractivity contribution in [1.82, 2.24) is 0 Å². The van der Waals surface area contributed by atoms with E-state index in [0.717, 1.165) is 19.3 Å². The number of allylic oxidation sites excluding steroid dienone is 2. The van der Waals surface area contributed by atoms with Gasteiger partial charge in [0.05, 0.1) is 11.1 Å². The summed E-state index contributed by atoms with van der Waals surface area (Å²) in [7, 11) is 0. The second kappa shape index (κ2) is 9.04. The molecule has 210 valence electrons. The number of aromatic hydroxyl groups is 2. The van der Waals surface area contributed by atoms with E-state index in [1.54, 1.807) is 53.7 Å². The van der Waals surface area contributed by atoms with Gasteiger partial charge in [-0.05, 0) is 84.1 Å². The first kappa shape index (κ1) is 27.6. The Morgan fingerprint density at radius 3 is 1.88 bits per heavy atom. The minimum absolute atomic E-state index is 0.0674. The molecule has 8 nitrogen and oxygen atoms in total. The highest BCUT2D eigenvalue weighted by molar-refractivity contribution is 6.32. The van der Waals surface area contributed by atoms with Crippen molar-refractivity contribution >= 4 is 23.5 Å². The number of ether oxygens (including phenoxy) is 2. The van der Waals surface area contributed by atoms with Gasteiger partial charge >= 0.3 is 11.9 Å². The van der Waals surface area contributed by atoms with E-state index in [-0.39, 0.29) is 16.5 Å². The van der Waals surface area contributed by atoms with Gasteiger partial charge in [-0.3, -0.25) is 9.59 Å². The number of carbonyl (C=O) groups excluding carboxylic acids is 4. The molecule has 1 saturated carbocycles. The molecule has 3 aliphatic rings. The van der Waals surface area contributed by atoms with Crippen molar-refractivity contribution in [2.75, 3.05) is 0 Å². The number of hydrogen-bond donors (Lipinski definition) is 2. The fourth-order valence-electron chi connectivity index (χ4n) is 6.14. The van der Waals surface area contributed by atoms with Crippen LogP contribution in [0.25, 0.3) is 0 Å². The SMILES string of the molecule is CC(C)(C)OC(=O)c1c(O)c2c(c(O)c1C(=O)OC(C)(C)C)C(=O)c1c(CC34C=CC(CC3)C4)cccc1C2=O. The predicted molar refractivity (Wildman–Crippen MR) is 146 cm³/mol. The molecule has 40 heavy (non-hydrogen) atoms. The van der Waals surface area contributed by atoms with E-state index >= 15 is 0 Å². The molecule has 0 radical (unpaired) electrons. The van der Waals surface area contributed by atoms with Crippen LogP contribution in [0.5, 0.6) is 11.5 Å². The molecule has 5 rings (SSSR count). The summed E-state index contributed by atoms with van der Waals surface area (Å²) in [6.45, 7) is 9.54. The van der Waals surface area contributed by atoms with Crippen molar-refractivity contribution < 1.29 is 38.9 Å². The molecular weight excluding hydrogens is 512 g/mol. The molecule has 2 bridgehead atoms.